The molecular weight excluding hydrogens is 277 g/mol. The molecule has 0 aromatic heterocycles. The fourth-order valence-corrected chi connectivity index (χ4v) is 2.81. The maximum Gasteiger partial charge on any atom is 0.0979 e. The third-order valence-corrected chi connectivity index (χ3v) is 3.67. The Bertz CT molecular complexity index is 616. The number of benzene rings is 2. The molecule has 1 atom stereocenters. The third-order valence-electron chi connectivity index (χ3n) is 3.10. The number of hydrogen-bond acceptors (Lipinski definition) is 1. The molecule has 0 spiro atoms. The molecule has 0 radical (unpaired) electrons. The van der Waals surface area contributed by atoms with Gasteiger partial charge in [0.05, 0.1) is 12.0 Å². The molecule has 2 rings (SSSR count). The molecule has 0 bridgehead atoms. The molecule has 19 heavy (non-hydrogen) atoms. The number of nitriles is 1. The highest BCUT2D eigenvalue weighted by Crippen LogP contribution is 2.33. The second-order valence-electron chi connectivity index (χ2n) is 4.59. The summed E-state index contributed by atoms with van der Waals surface area (Å²) in [5.74, 6) is -0.370. The van der Waals surface area contributed by atoms with E-state index in [1.165, 1.54) is 0 Å². The van der Waals surface area contributed by atoms with Gasteiger partial charge in [0.1, 0.15) is 0 Å². The number of nitrogens with zero attached hydrogens (tertiary/aromatic N) is 1. The lowest BCUT2D eigenvalue weighted by molar-refractivity contribution is 1.02. The minimum atomic E-state index is -0.370. The molecule has 3 heteroatoms. The van der Waals surface area contributed by atoms with Crippen LogP contribution in [0.1, 0.15) is 28.2 Å². The molecule has 2 aromatic rings. The summed E-state index contributed by atoms with van der Waals surface area (Å²) < 4.78 is 0. The monoisotopic (exact) mass is 289 g/mol. The van der Waals surface area contributed by atoms with Crippen molar-refractivity contribution in [3.05, 3.63) is 68.7 Å². The molecule has 0 heterocycles. The first kappa shape index (κ1) is 13.9. The molecule has 1 unspecified atom stereocenters. The van der Waals surface area contributed by atoms with Crippen molar-refractivity contribution >= 4 is 23.2 Å². The highest BCUT2D eigenvalue weighted by atomic mass is 35.5. The summed E-state index contributed by atoms with van der Waals surface area (Å²) in [7, 11) is 0. The largest absolute Gasteiger partial charge is 0.197 e. The van der Waals surface area contributed by atoms with Crippen LogP contribution in [0.3, 0.4) is 0 Å². The lowest BCUT2D eigenvalue weighted by atomic mass is 9.89. The molecule has 2 aromatic carbocycles. The van der Waals surface area contributed by atoms with Gasteiger partial charge in [0.15, 0.2) is 0 Å². The predicted octanol–water partition coefficient (Wildman–Crippen LogP) is 5.27. The van der Waals surface area contributed by atoms with Crippen molar-refractivity contribution in [2.75, 3.05) is 0 Å². The van der Waals surface area contributed by atoms with Crippen LogP contribution in [0.25, 0.3) is 0 Å². The quantitative estimate of drug-likeness (QED) is 0.739. The van der Waals surface area contributed by atoms with Crippen LogP contribution < -0.4 is 0 Å². The maximum absolute atomic E-state index is 9.48. The topological polar surface area (TPSA) is 23.8 Å². The first-order chi connectivity index (χ1) is 9.02. The maximum atomic E-state index is 9.48. The summed E-state index contributed by atoms with van der Waals surface area (Å²) in [4.78, 5) is 0. The second kappa shape index (κ2) is 5.65. The van der Waals surface area contributed by atoms with Gasteiger partial charge in [-0.2, -0.15) is 5.26 Å². The molecule has 0 N–H and O–H groups in total. The molecule has 0 aliphatic heterocycles. The van der Waals surface area contributed by atoms with Crippen LogP contribution >= 0.6 is 23.2 Å². The summed E-state index contributed by atoms with van der Waals surface area (Å²) in [5, 5.41) is 10.8. The lowest BCUT2D eigenvalue weighted by Crippen LogP contribution is -2.02. The van der Waals surface area contributed by atoms with Crippen molar-refractivity contribution in [3.8, 4) is 6.07 Å². The summed E-state index contributed by atoms with van der Waals surface area (Å²) in [5.41, 5.74) is 3.91. The Morgan fingerprint density at radius 3 is 2.21 bits per heavy atom. The summed E-state index contributed by atoms with van der Waals surface area (Å²) in [6.07, 6.45) is 0. The zero-order chi connectivity index (χ0) is 14.0. The van der Waals surface area contributed by atoms with Gasteiger partial charge in [0, 0.05) is 10.0 Å². The Kier molecular flexibility index (Phi) is 4.14. The number of hydrogen-bond donors (Lipinski definition) is 0. The molecular formula is C16H13Cl2N. The van der Waals surface area contributed by atoms with Crippen molar-refractivity contribution in [2.24, 2.45) is 0 Å². The average molecular weight is 290 g/mol. The van der Waals surface area contributed by atoms with Crippen LogP contribution in [0.4, 0.5) is 0 Å². The van der Waals surface area contributed by atoms with Gasteiger partial charge >= 0.3 is 0 Å². The molecule has 96 valence electrons. The van der Waals surface area contributed by atoms with Crippen LogP contribution in [-0.2, 0) is 0 Å². The normalized spacial score (nSPS) is 11.9. The summed E-state index contributed by atoms with van der Waals surface area (Å²) in [6, 6.07) is 13.6. The van der Waals surface area contributed by atoms with E-state index in [1.54, 1.807) is 12.1 Å². The van der Waals surface area contributed by atoms with Gasteiger partial charge in [-0.05, 0) is 54.3 Å². The molecule has 0 amide bonds. The Morgan fingerprint density at radius 2 is 1.68 bits per heavy atom. The Hall–Kier alpha value is -1.49. The highest BCUT2D eigenvalue weighted by Gasteiger charge is 2.19. The minimum Gasteiger partial charge on any atom is -0.197 e. The Balaban J connectivity index is 2.55. The van der Waals surface area contributed by atoms with Gasteiger partial charge in [-0.1, -0.05) is 41.4 Å². The van der Waals surface area contributed by atoms with E-state index < -0.39 is 0 Å². The van der Waals surface area contributed by atoms with Crippen LogP contribution in [0.2, 0.25) is 10.0 Å². The molecule has 0 saturated carbocycles. The van der Waals surface area contributed by atoms with Crippen molar-refractivity contribution < 1.29 is 0 Å². The molecule has 0 aliphatic rings. The van der Waals surface area contributed by atoms with Gasteiger partial charge < -0.3 is 0 Å². The average Bonchev–Trinajstić information content (AvgIpc) is 2.35. The third kappa shape index (κ3) is 2.92. The zero-order valence-electron chi connectivity index (χ0n) is 10.7. The predicted molar refractivity (Wildman–Crippen MR) is 79.8 cm³/mol. The first-order valence-electron chi connectivity index (χ1n) is 5.94. The van der Waals surface area contributed by atoms with Crippen molar-refractivity contribution in [2.45, 2.75) is 19.8 Å². The van der Waals surface area contributed by atoms with Gasteiger partial charge in [-0.15, -0.1) is 0 Å². The number of aryl methyl sites for hydroxylation is 2. The fraction of sp³-hybridized carbons (Fsp3) is 0.188. The molecule has 1 nitrogen and oxygen atoms in total. The van der Waals surface area contributed by atoms with Crippen molar-refractivity contribution in [1.82, 2.24) is 0 Å². The standard InChI is InChI=1S/C16H13Cl2N/c1-10-7-11(2)16(15(18)8-10)14(9-19)12-3-5-13(17)6-4-12/h3-8,14H,1-2H3. The van der Waals surface area contributed by atoms with E-state index >= 15 is 0 Å². The van der Waals surface area contributed by atoms with E-state index in [-0.39, 0.29) is 5.92 Å². The SMILES string of the molecule is Cc1cc(C)c(C(C#N)c2ccc(Cl)cc2)c(Cl)c1. The van der Waals surface area contributed by atoms with E-state index in [2.05, 4.69) is 6.07 Å². The van der Waals surface area contributed by atoms with Crippen LogP contribution in [0.5, 0.6) is 0 Å². The first-order valence-corrected chi connectivity index (χ1v) is 6.70. The Labute approximate surface area is 123 Å². The number of rotatable bonds is 2. The Morgan fingerprint density at radius 1 is 1.05 bits per heavy atom. The molecule has 0 saturated heterocycles. The fourth-order valence-electron chi connectivity index (χ4n) is 2.25. The van der Waals surface area contributed by atoms with Gasteiger partial charge in [-0.25, -0.2) is 0 Å². The van der Waals surface area contributed by atoms with Gasteiger partial charge in [-0.3, -0.25) is 0 Å². The van der Waals surface area contributed by atoms with E-state index in [4.69, 9.17) is 23.2 Å². The lowest BCUT2D eigenvalue weighted by Gasteiger charge is -2.15. The molecule has 0 fully saturated rings. The zero-order valence-corrected chi connectivity index (χ0v) is 12.3. The van der Waals surface area contributed by atoms with Crippen LogP contribution in [0, 0.1) is 25.2 Å². The van der Waals surface area contributed by atoms with Crippen LogP contribution in [0.15, 0.2) is 36.4 Å². The minimum absolute atomic E-state index is 0.370. The van der Waals surface area contributed by atoms with Gasteiger partial charge in [0.2, 0.25) is 0 Å². The van der Waals surface area contributed by atoms with Gasteiger partial charge in [0.25, 0.3) is 0 Å². The van der Waals surface area contributed by atoms with E-state index in [9.17, 15) is 5.26 Å². The molecule has 0 aliphatic carbocycles. The van der Waals surface area contributed by atoms with E-state index in [0.29, 0.717) is 10.0 Å². The number of halogens is 2. The highest BCUT2D eigenvalue weighted by molar-refractivity contribution is 6.31. The summed E-state index contributed by atoms with van der Waals surface area (Å²) >= 11 is 12.2. The van der Waals surface area contributed by atoms with Crippen molar-refractivity contribution in [3.63, 3.8) is 0 Å². The van der Waals surface area contributed by atoms with Crippen molar-refractivity contribution in [1.29, 1.82) is 5.26 Å². The smallest absolute Gasteiger partial charge is 0.0979 e. The van der Waals surface area contributed by atoms with E-state index in [0.717, 1.165) is 22.3 Å². The summed E-state index contributed by atoms with van der Waals surface area (Å²) in [6.45, 7) is 3.97. The van der Waals surface area contributed by atoms with E-state index in [1.807, 2.05) is 38.1 Å². The second-order valence-corrected chi connectivity index (χ2v) is 5.43. The van der Waals surface area contributed by atoms with Crippen LogP contribution in [-0.4, -0.2) is 0 Å².